The maximum absolute atomic E-state index is 12.6. The SMILES string of the molecule is FC(F)c1nnc(-c2ccc(Cn3cc(-c4ccc(-c5ccsc5)cc4)nn3)cc2)o1. The summed E-state index contributed by atoms with van der Waals surface area (Å²) in [6, 6.07) is 17.5. The Kier molecular flexibility index (Phi) is 5.09. The van der Waals surface area contributed by atoms with E-state index in [1.165, 1.54) is 11.1 Å². The van der Waals surface area contributed by atoms with Gasteiger partial charge in [0.25, 0.3) is 5.89 Å². The Labute approximate surface area is 179 Å². The van der Waals surface area contributed by atoms with Crippen molar-refractivity contribution in [2.24, 2.45) is 0 Å². The highest BCUT2D eigenvalue weighted by Crippen LogP contribution is 2.26. The predicted octanol–water partition coefficient (Wildman–Crippen LogP) is 5.71. The molecule has 0 amide bonds. The summed E-state index contributed by atoms with van der Waals surface area (Å²) in [5.74, 6) is -0.617. The van der Waals surface area contributed by atoms with E-state index in [1.54, 1.807) is 28.2 Å². The Morgan fingerprint density at radius 2 is 1.58 bits per heavy atom. The molecule has 0 atom stereocenters. The van der Waals surface area contributed by atoms with E-state index in [1.807, 2.05) is 30.5 Å². The largest absolute Gasteiger partial charge is 0.415 e. The van der Waals surface area contributed by atoms with Crippen LogP contribution >= 0.6 is 11.3 Å². The first-order valence-electron chi connectivity index (χ1n) is 9.40. The van der Waals surface area contributed by atoms with Crippen LogP contribution in [-0.4, -0.2) is 25.2 Å². The van der Waals surface area contributed by atoms with Gasteiger partial charge in [-0.25, -0.2) is 4.68 Å². The Morgan fingerprint density at radius 3 is 2.26 bits per heavy atom. The van der Waals surface area contributed by atoms with Gasteiger partial charge in [0.05, 0.1) is 12.7 Å². The van der Waals surface area contributed by atoms with Gasteiger partial charge in [-0.05, 0) is 45.6 Å². The van der Waals surface area contributed by atoms with E-state index < -0.39 is 12.3 Å². The lowest BCUT2D eigenvalue weighted by Gasteiger charge is -2.02. The molecule has 31 heavy (non-hydrogen) atoms. The molecule has 0 saturated heterocycles. The van der Waals surface area contributed by atoms with Crippen molar-refractivity contribution >= 4 is 11.3 Å². The van der Waals surface area contributed by atoms with E-state index in [-0.39, 0.29) is 5.89 Å². The Bertz CT molecular complexity index is 1280. The molecule has 0 bridgehead atoms. The summed E-state index contributed by atoms with van der Waals surface area (Å²) >= 11 is 1.67. The molecular weight excluding hydrogens is 420 g/mol. The zero-order valence-electron chi connectivity index (χ0n) is 16.0. The highest BCUT2D eigenvalue weighted by atomic mass is 32.1. The van der Waals surface area contributed by atoms with Crippen LogP contribution in [0.1, 0.15) is 17.9 Å². The summed E-state index contributed by atoms with van der Waals surface area (Å²) in [6.07, 6.45) is -0.894. The van der Waals surface area contributed by atoms with Gasteiger partial charge in [0.1, 0.15) is 5.69 Å². The number of alkyl halides is 2. The molecule has 0 spiro atoms. The molecule has 0 aliphatic carbocycles. The highest BCUT2D eigenvalue weighted by Gasteiger charge is 2.17. The summed E-state index contributed by atoms with van der Waals surface area (Å²) in [4.78, 5) is 0. The molecule has 0 N–H and O–H groups in total. The number of aromatic nitrogens is 5. The van der Waals surface area contributed by atoms with Gasteiger partial charge in [0.15, 0.2) is 0 Å². The van der Waals surface area contributed by atoms with Crippen LogP contribution in [0.4, 0.5) is 8.78 Å². The fraction of sp³-hybridized carbons (Fsp3) is 0.0909. The Hall–Kier alpha value is -3.72. The van der Waals surface area contributed by atoms with Crippen molar-refractivity contribution in [2.45, 2.75) is 13.0 Å². The minimum atomic E-state index is -2.78. The monoisotopic (exact) mass is 435 g/mol. The van der Waals surface area contributed by atoms with E-state index in [9.17, 15) is 8.78 Å². The average molecular weight is 435 g/mol. The third-order valence-electron chi connectivity index (χ3n) is 4.75. The van der Waals surface area contributed by atoms with Crippen LogP contribution < -0.4 is 0 Å². The fourth-order valence-corrected chi connectivity index (χ4v) is 3.81. The summed E-state index contributed by atoms with van der Waals surface area (Å²) in [5.41, 5.74) is 5.70. The van der Waals surface area contributed by atoms with Gasteiger partial charge < -0.3 is 4.42 Å². The second-order valence-corrected chi connectivity index (χ2v) is 7.61. The van der Waals surface area contributed by atoms with Crippen LogP contribution in [0.25, 0.3) is 33.8 Å². The second kappa shape index (κ2) is 8.19. The number of hydrogen-bond donors (Lipinski definition) is 0. The molecule has 3 aromatic heterocycles. The van der Waals surface area contributed by atoms with E-state index >= 15 is 0 Å². The van der Waals surface area contributed by atoms with E-state index in [0.29, 0.717) is 12.1 Å². The molecule has 5 aromatic rings. The molecule has 9 heteroatoms. The van der Waals surface area contributed by atoms with Crippen molar-refractivity contribution in [1.29, 1.82) is 0 Å². The number of halogens is 2. The lowest BCUT2D eigenvalue weighted by molar-refractivity contribution is 0.116. The third-order valence-corrected chi connectivity index (χ3v) is 5.43. The lowest BCUT2D eigenvalue weighted by Crippen LogP contribution is -2.00. The van der Waals surface area contributed by atoms with Crippen LogP contribution in [0.15, 0.2) is 76.0 Å². The van der Waals surface area contributed by atoms with Crippen molar-refractivity contribution < 1.29 is 13.2 Å². The maximum Gasteiger partial charge on any atom is 0.314 e. The minimum Gasteiger partial charge on any atom is -0.415 e. The van der Waals surface area contributed by atoms with Crippen LogP contribution in [0.3, 0.4) is 0 Å². The van der Waals surface area contributed by atoms with Crippen molar-refractivity contribution in [1.82, 2.24) is 25.2 Å². The molecule has 6 nitrogen and oxygen atoms in total. The number of nitrogens with zero attached hydrogens (tertiary/aromatic N) is 5. The molecule has 5 rings (SSSR count). The van der Waals surface area contributed by atoms with Crippen LogP contribution in [0.2, 0.25) is 0 Å². The van der Waals surface area contributed by atoms with Gasteiger partial charge in [-0.3, -0.25) is 0 Å². The van der Waals surface area contributed by atoms with E-state index in [4.69, 9.17) is 4.42 Å². The van der Waals surface area contributed by atoms with Crippen LogP contribution in [-0.2, 0) is 6.54 Å². The fourth-order valence-electron chi connectivity index (χ4n) is 3.15. The number of benzene rings is 2. The van der Waals surface area contributed by atoms with Gasteiger partial charge in [-0.2, -0.15) is 20.1 Å². The summed E-state index contributed by atoms with van der Waals surface area (Å²) in [6.45, 7) is 0.520. The van der Waals surface area contributed by atoms with Gasteiger partial charge in [-0.1, -0.05) is 41.6 Å². The number of thiophene rings is 1. The third kappa shape index (κ3) is 4.13. The van der Waals surface area contributed by atoms with E-state index in [0.717, 1.165) is 16.8 Å². The van der Waals surface area contributed by atoms with Crippen molar-refractivity contribution in [3.63, 3.8) is 0 Å². The molecular formula is C22H15F2N5OS. The molecule has 0 aliphatic heterocycles. The molecule has 0 fully saturated rings. The first kappa shape index (κ1) is 19.3. The summed E-state index contributed by atoms with van der Waals surface area (Å²) in [5, 5.41) is 19.7. The van der Waals surface area contributed by atoms with Crippen molar-refractivity contribution in [3.8, 4) is 33.8 Å². The van der Waals surface area contributed by atoms with Gasteiger partial charge in [0.2, 0.25) is 5.89 Å². The zero-order chi connectivity index (χ0) is 21.2. The molecule has 0 unspecified atom stereocenters. The molecule has 3 heterocycles. The highest BCUT2D eigenvalue weighted by molar-refractivity contribution is 7.08. The van der Waals surface area contributed by atoms with Crippen LogP contribution in [0.5, 0.6) is 0 Å². The van der Waals surface area contributed by atoms with E-state index in [2.05, 4.69) is 49.5 Å². The van der Waals surface area contributed by atoms with Crippen molar-refractivity contribution in [2.75, 3.05) is 0 Å². The normalized spacial score (nSPS) is 11.3. The minimum absolute atomic E-state index is 0.0655. The smallest absolute Gasteiger partial charge is 0.314 e. The summed E-state index contributed by atoms with van der Waals surface area (Å²) in [7, 11) is 0. The predicted molar refractivity (Wildman–Crippen MR) is 113 cm³/mol. The molecule has 0 saturated carbocycles. The molecule has 2 aromatic carbocycles. The molecule has 154 valence electrons. The topological polar surface area (TPSA) is 69.6 Å². The molecule has 0 radical (unpaired) electrons. The maximum atomic E-state index is 12.6. The van der Waals surface area contributed by atoms with Crippen LogP contribution in [0, 0.1) is 0 Å². The van der Waals surface area contributed by atoms with Crippen molar-refractivity contribution in [3.05, 3.63) is 83.0 Å². The number of hydrogen-bond acceptors (Lipinski definition) is 6. The first-order valence-corrected chi connectivity index (χ1v) is 10.3. The Morgan fingerprint density at radius 1 is 0.839 bits per heavy atom. The Balaban J connectivity index is 1.28. The lowest BCUT2D eigenvalue weighted by atomic mass is 10.1. The number of rotatable bonds is 6. The zero-order valence-corrected chi connectivity index (χ0v) is 16.8. The van der Waals surface area contributed by atoms with Gasteiger partial charge in [-0.15, -0.1) is 15.3 Å². The average Bonchev–Trinajstić information content (AvgIpc) is 3.56. The first-order chi connectivity index (χ1) is 15.2. The quantitative estimate of drug-likeness (QED) is 0.342. The summed E-state index contributed by atoms with van der Waals surface area (Å²) < 4.78 is 31.9. The standard InChI is InChI=1S/C22H15F2N5OS/c23-20(24)22-27-26-21(30-22)17-3-1-14(2-4-17)11-29-12-19(25-28-29)16-7-5-15(6-8-16)18-9-10-31-13-18/h1-10,12-13,20H,11H2. The van der Waals surface area contributed by atoms with Gasteiger partial charge >= 0.3 is 6.43 Å². The second-order valence-electron chi connectivity index (χ2n) is 6.83. The molecule has 0 aliphatic rings. The van der Waals surface area contributed by atoms with Gasteiger partial charge in [0, 0.05) is 11.1 Å².